The molecule has 1 aliphatic heterocycles. The number of hydrogen-bond donors (Lipinski definition) is 1. The maximum atomic E-state index is 13.6. The van der Waals surface area contributed by atoms with Crippen molar-refractivity contribution in [3.05, 3.63) is 29.3 Å². The van der Waals surface area contributed by atoms with Crippen LogP contribution in [0.5, 0.6) is 0 Å². The molecule has 0 saturated carbocycles. The molecule has 0 aliphatic carbocycles. The summed E-state index contributed by atoms with van der Waals surface area (Å²) in [6.07, 6.45) is 0. The van der Waals surface area contributed by atoms with Crippen molar-refractivity contribution < 1.29 is 8.78 Å². The summed E-state index contributed by atoms with van der Waals surface area (Å²) in [6, 6.07) is 2.75. The first-order chi connectivity index (χ1) is 7.18. The average molecular weight is 212 g/mol. The van der Waals surface area contributed by atoms with Crippen LogP contribution in [0.1, 0.15) is 5.56 Å². The van der Waals surface area contributed by atoms with Crippen molar-refractivity contribution in [3.8, 4) is 0 Å². The minimum atomic E-state index is -0.464. The highest BCUT2D eigenvalue weighted by Crippen LogP contribution is 2.24. The Balaban J connectivity index is 2.33. The number of rotatable bonds is 1. The second-order valence-electron chi connectivity index (χ2n) is 3.81. The summed E-state index contributed by atoms with van der Waals surface area (Å²) in [5, 5.41) is 3.15. The Morgan fingerprint density at radius 1 is 1.13 bits per heavy atom. The molecule has 0 radical (unpaired) electrons. The lowest BCUT2D eigenvalue weighted by Crippen LogP contribution is -2.44. The molecule has 0 spiro atoms. The molecule has 1 aliphatic rings. The highest BCUT2D eigenvalue weighted by atomic mass is 19.1. The van der Waals surface area contributed by atoms with E-state index in [9.17, 15) is 8.78 Å². The number of anilines is 1. The molecule has 4 heteroatoms. The van der Waals surface area contributed by atoms with Crippen molar-refractivity contribution in [3.63, 3.8) is 0 Å². The molecule has 82 valence electrons. The van der Waals surface area contributed by atoms with E-state index < -0.39 is 11.6 Å². The Bertz CT molecular complexity index is 337. The number of hydrogen-bond acceptors (Lipinski definition) is 2. The Hall–Kier alpha value is -1.16. The number of nitrogens with one attached hydrogen (secondary N) is 1. The first-order valence-corrected chi connectivity index (χ1v) is 5.10. The van der Waals surface area contributed by atoms with Crippen LogP contribution in [0.3, 0.4) is 0 Å². The van der Waals surface area contributed by atoms with E-state index in [1.54, 1.807) is 11.8 Å². The van der Waals surface area contributed by atoms with E-state index in [1.807, 2.05) is 0 Å². The molecule has 1 fully saturated rings. The zero-order valence-electron chi connectivity index (χ0n) is 8.69. The molecule has 1 saturated heterocycles. The SMILES string of the molecule is Cc1cc(F)c(N2CCNCC2)c(F)c1. The highest BCUT2D eigenvalue weighted by Gasteiger charge is 2.18. The number of aryl methyl sites for hydroxylation is 1. The Morgan fingerprint density at radius 3 is 2.20 bits per heavy atom. The van der Waals surface area contributed by atoms with Gasteiger partial charge in [0.05, 0.1) is 0 Å². The van der Waals surface area contributed by atoms with Gasteiger partial charge in [0.1, 0.15) is 17.3 Å². The predicted molar refractivity (Wildman–Crippen MR) is 56.2 cm³/mol. The van der Waals surface area contributed by atoms with Crippen molar-refractivity contribution >= 4 is 5.69 Å². The van der Waals surface area contributed by atoms with Crippen LogP contribution in [-0.2, 0) is 0 Å². The second-order valence-corrected chi connectivity index (χ2v) is 3.81. The summed E-state index contributed by atoms with van der Waals surface area (Å²) >= 11 is 0. The van der Waals surface area contributed by atoms with Gasteiger partial charge < -0.3 is 10.2 Å². The summed E-state index contributed by atoms with van der Waals surface area (Å²) in [5.74, 6) is -0.927. The lowest BCUT2D eigenvalue weighted by atomic mass is 10.2. The van der Waals surface area contributed by atoms with Gasteiger partial charge in [-0.3, -0.25) is 0 Å². The standard InChI is InChI=1S/C11H14F2N2/c1-8-6-9(12)11(10(13)7-8)15-4-2-14-3-5-15/h6-7,14H,2-5H2,1H3. The lowest BCUT2D eigenvalue weighted by Gasteiger charge is -2.30. The van der Waals surface area contributed by atoms with Crippen LogP contribution in [0.15, 0.2) is 12.1 Å². The number of piperazine rings is 1. The van der Waals surface area contributed by atoms with Crippen LogP contribution < -0.4 is 10.2 Å². The van der Waals surface area contributed by atoms with E-state index in [0.29, 0.717) is 18.7 Å². The Kier molecular flexibility index (Phi) is 2.86. The molecule has 0 bridgehead atoms. The van der Waals surface area contributed by atoms with Crippen molar-refractivity contribution in [2.24, 2.45) is 0 Å². The maximum absolute atomic E-state index is 13.6. The van der Waals surface area contributed by atoms with Gasteiger partial charge in [-0.15, -0.1) is 0 Å². The molecule has 0 unspecified atom stereocenters. The monoisotopic (exact) mass is 212 g/mol. The maximum Gasteiger partial charge on any atom is 0.149 e. The van der Waals surface area contributed by atoms with E-state index in [-0.39, 0.29) is 5.69 Å². The molecular formula is C11H14F2N2. The van der Waals surface area contributed by atoms with Crippen LogP contribution >= 0.6 is 0 Å². The van der Waals surface area contributed by atoms with Gasteiger partial charge in [-0.2, -0.15) is 0 Å². The van der Waals surface area contributed by atoms with Gasteiger partial charge in [0.25, 0.3) is 0 Å². The van der Waals surface area contributed by atoms with Crippen LogP contribution in [-0.4, -0.2) is 26.2 Å². The third kappa shape index (κ3) is 2.09. The fourth-order valence-electron chi connectivity index (χ4n) is 1.88. The highest BCUT2D eigenvalue weighted by molar-refractivity contribution is 5.51. The van der Waals surface area contributed by atoms with Crippen LogP contribution in [0.2, 0.25) is 0 Å². The molecular weight excluding hydrogens is 198 g/mol. The lowest BCUT2D eigenvalue weighted by molar-refractivity contribution is 0.537. The third-order valence-electron chi connectivity index (χ3n) is 2.59. The smallest absolute Gasteiger partial charge is 0.149 e. The van der Waals surface area contributed by atoms with Crippen molar-refractivity contribution in [2.75, 3.05) is 31.1 Å². The van der Waals surface area contributed by atoms with Crippen molar-refractivity contribution in [1.82, 2.24) is 5.32 Å². The van der Waals surface area contributed by atoms with E-state index in [1.165, 1.54) is 12.1 Å². The molecule has 0 amide bonds. The van der Waals surface area contributed by atoms with Crippen LogP contribution in [0, 0.1) is 18.6 Å². The van der Waals surface area contributed by atoms with Gasteiger partial charge in [-0.1, -0.05) is 0 Å². The van der Waals surface area contributed by atoms with Gasteiger partial charge in [0, 0.05) is 26.2 Å². The van der Waals surface area contributed by atoms with Crippen LogP contribution in [0.25, 0.3) is 0 Å². The van der Waals surface area contributed by atoms with Crippen molar-refractivity contribution in [2.45, 2.75) is 6.92 Å². The molecule has 1 heterocycles. The van der Waals surface area contributed by atoms with Gasteiger partial charge in [0.15, 0.2) is 0 Å². The van der Waals surface area contributed by atoms with E-state index in [0.717, 1.165) is 13.1 Å². The molecule has 15 heavy (non-hydrogen) atoms. The molecule has 2 rings (SSSR count). The van der Waals surface area contributed by atoms with Gasteiger partial charge >= 0.3 is 0 Å². The van der Waals surface area contributed by atoms with E-state index >= 15 is 0 Å². The molecule has 2 nitrogen and oxygen atoms in total. The topological polar surface area (TPSA) is 15.3 Å². The van der Waals surface area contributed by atoms with Gasteiger partial charge in [-0.05, 0) is 24.6 Å². The summed E-state index contributed by atoms with van der Waals surface area (Å²) in [5.41, 5.74) is 0.728. The first kappa shape index (κ1) is 10.4. The molecule has 1 N–H and O–H groups in total. The van der Waals surface area contributed by atoms with Gasteiger partial charge in [0.2, 0.25) is 0 Å². The summed E-state index contributed by atoms with van der Waals surface area (Å²) in [7, 11) is 0. The summed E-state index contributed by atoms with van der Waals surface area (Å²) in [6.45, 7) is 4.53. The fourth-order valence-corrected chi connectivity index (χ4v) is 1.88. The largest absolute Gasteiger partial charge is 0.364 e. The molecule has 1 aromatic carbocycles. The minimum absolute atomic E-state index is 0.113. The number of nitrogens with zero attached hydrogens (tertiary/aromatic N) is 1. The number of halogens is 2. The summed E-state index contributed by atoms with van der Waals surface area (Å²) < 4.78 is 27.2. The van der Waals surface area contributed by atoms with E-state index in [2.05, 4.69) is 5.32 Å². The predicted octanol–water partition coefficient (Wildman–Crippen LogP) is 1.68. The minimum Gasteiger partial charge on any atom is -0.364 e. The second kappa shape index (κ2) is 4.14. The quantitative estimate of drug-likeness (QED) is 0.762. The molecule has 0 atom stereocenters. The van der Waals surface area contributed by atoms with Crippen LogP contribution in [0.4, 0.5) is 14.5 Å². The normalized spacial score (nSPS) is 16.9. The van der Waals surface area contributed by atoms with Crippen molar-refractivity contribution in [1.29, 1.82) is 0 Å². The fraction of sp³-hybridized carbons (Fsp3) is 0.455. The van der Waals surface area contributed by atoms with E-state index in [4.69, 9.17) is 0 Å². The zero-order chi connectivity index (χ0) is 10.8. The average Bonchev–Trinajstić information content (AvgIpc) is 2.17. The molecule has 1 aromatic rings. The Morgan fingerprint density at radius 2 is 1.67 bits per heavy atom. The summed E-state index contributed by atoms with van der Waals surface area (Å²) in [4.78, 5) is 1.75. The first-order valence-electron chi connectivity index (χ1n) is 5.10. The Labute approximate surface area is 87.9 Å². The zero-order valence-corrected chi connectivity index (χ0v) is 8.69. The third-order valence-corrected chi connectivity index (χ3v) is 2.59. The molecule has 0 aromatic heterocycles. The number of benzene rings is 1. The van der Waals surface area contributed by atoms with Gasteiger partial charge in [-0.25, -0.2) is 8.78 Å².